The van der Waals surface area contributed by atoms with Crippen LogP contribution in [0.1, 0.15) is 16.2 Å². The van der Waals surface area contributed by atoms with Crippen LogP contribution in [0.4, 0.5) is 0 Å². The molecule has 18 heavy (non-hydrogen) atoms. The number of rotatable bonds is 4. The molecule has 1 heterocycles. The van der Waals surface area contributed by atoms with Crippen molar-refractivity contribution in [1.29, 1.82) is 0 Å². The Kier molecular flexibility index (Phi) is 4.48. The Balaban J connectivity index is 1.91. The molecule has 2 aromatic rings. The number of carbonyl (C=O) groups excluding carboxylic acids is 1. The summed E-state index contributed by atoms with van der Waals surface area (Å²) in [7, 11) is 0. The highest BCUT2D eigenvalue weighted by molar-refractivity contribution is 9.11. The zero-order valence-corrected chi connectivity index (χ0v) is 12.5. The van der Waals surface area contributed by atoms with E-state index in [-0.39, 0.29) is 5.91 Å². The number of halogens is 2. The van der Waals surface area contributed by atoms with Crippen molar-refractivity contribution in [2.45, 2.75) is 6.42 Å². The minimum absolute atomic E-state index is 0.114. The molecule has 0 aliphatic carbocycles. The molecule has 5 nitrogen and oxygen atoms in total. The van der Waals surface area contributed by atoms with Crippen LogP contribution in [0.25, 0.3) is 0 Å². The lowest BCUT2D eigenvalue weighted by atomic mass is 10.2. The first-order valence-corrected chi connectivity index (χ1v) is 6.82. The Morgan fingerprint density at radius 2 is 2.00 bits per heavy atom. The van der Waals surface area contributed by atoms with Crippen molar-refractivity contribution in [3.8, 4) is 0 Å². The highest BCUT2D eigenvalue weighted by Crippen LogP contribution is 2.19. The lowest BCUT2D eigenvalue weighted by molar-refractivity contribution is 0.0954. The molecule has 1 aromatic carbocycles. The maximum Gasteiger partial charge on any atom is 0.251 e. The molecular weight excluding hydrogens is 364 g/mol. The van der Waals surface area contributed by atoms with Gasteiger partial charge in [-0.15, -0.1) is 0 Å². The summed E-state index contributed by atoms with van der Waals surface area (Å²) in [4.78, 5) is 15.9. The van der Waals surface area contributed by atoms with E-state index in [9.17, 15) is 4.79 Å². The van der Waals surface area contributed by atoms with Crippen LogP contribution in [0.3, 0.4) is 0 Å². The van der Waals surface area contributed by atoms with Crippen LogP contribution in [0.5, 0.6) is 0 Å². The molecule has 0 fully saturated rings. The molecule has 0 bridgehead atoms. The van der Waals surface area contributed by atoms with E-state index in [1.54, 1.807) is 12.1 Å². The molecule has 1 amide bonds. The van der Waals surface area contributed by atoms with Crippen LogP contribution in [0.15, 0.2) is 33.5 Å². The SMILES string of the molecule is O=C(NCCc1ncn[nH]1)c1cc(Br)cc(Br)c1. The topological polar surface area (TPSA) is 70.7 Å². The Morgan fingerprint density at radius 3 is 2.61 bits per heavy atom. The standard InChI is InChI=1S/C11H10Br2N4O/c12-8-3-7(4-9(13)5-8)11(18)14-2-1-10-15-6-16-17-10/h3-6H,1-2H2,(H,14,18)(H,15,16,17). The number of hydrogen-bond donors (Lipinski definition) is 2. The number of nitrogens with zero attached hydrogens (tertiary/aromatic N) is 2. The van der Waals surface area contributed by atoms with E-state index in [4.69, 9.17) is 0 Å². The molecule has 0 spiro atoms. The fourth-order valence-corrected chi connectivity index (χ4v) is 2.73. The van der Waals surface area contributed by atoms with E-state index in [0.717, 1.165) is 14.8 Å². The number of benzene rings is 1. The third-order valence-corrected chi connectivity index (χ3v) is 3.15. The molecule has 0 saturated carbocycles. The molecule has 0 aliphatic rings. The van der Waals surface area contributed by atoms with Gasteiger partial charge in [0.25, 0.3) is 5.91 Å². The maximum absolute atomic E-state index is 11.9. The maximum atomic E-state index is 11.9. The van der Waals surface area contributed by atoms with Crippen molar-refractivity contribution in [2.24, 2.45) is 0 Å². The summed E-state index contributed by atoms with van der Waals surface area (Å²) in [5.41, 5.74) is 0.605. The smallest absolute Gasteiger partial charge is 0.251 e. The fourth-order valence-electron chi connectivity index (χ4n) is 1.43. The molecule has 2 N–H and O–H groups in total. The summed E-state index contributed by atoms with van der Waals surface area (Å²) in [5.74, 6) is 0.641. The Hall–Kier alpha value is -1.21. The van der Waals surface area contributed by atoms with Crippen LogP contribution in [0.2, 0.25) is 0 Å². The molecule has 0 saturated heterocycles. The van der Waals surface area contributed by atoms with Crippen molar-refractivity contribution >= 4 is 37.8 Å². The van der Waals surface area contributed by atoms with Crippen LogP contribution < -0.4 is 5.32 Å². The van der Waals surface area contributed by atoms with Gasteiger partial charge < -0.3 is 5.32 Å². The van der Waals surface area contributed by atoms with Gasteiger partial charge in [0.1, 0.15) is 12.2 Å². The molecule has 1 aromatic heterocycles. The Bertz CT molecular complexity index is 522. The van der Waals surface area contributed by atoms with Crippen molar-refractivity contribution in [1.82, 2.24) is 20.5 Å². The van der Waals surface area contributed by atoms with Crippen molar-refractivity contribution in [3.63, 3.8) is 0 Å². The summed E-state index contributed by atoms with van der Waals surface area (Å²) >= 11 is 6.70. The quantitative estimate of drug-likeness (QED) is 0.863. The summed E-state index contributed by atoms with van der Waals surface area (Å²) in [6, 6.07) is 5.42. The molecule has 94 valence electrons. The van der Waals surface area contributed by atoms with E-state index in [1.807, 2.05) is 6.07 Å². The van der Waals surface area contributed by atoms with E-state index in [2.05, 4.69) is 52.4 Å². The summed E-state index contributed by atoms with van der Waals surface area (Å²) in [5, 5.41) is 9.30. The van der Waals surface area contributed by atoms with Gasteiger partial charge in [-0.1, -0.05) is 31.9 Å². The summed E-state index contributed by atoms with van der Waals surface area (Å²) in [6.45, 7) is 0.512. The van der Waals surface area contributed by atoms with Gasteiger partial charge in [-0.3, -0.25) is 9.89 Å². The van der Waals surface area contributed by atoms with Gasteiger partial charge in [-0.25, -0.2) is 4.98 Å². The van der Waals surface area contributed by atoms with Gasteiger partial charge >= 0.3 is 0 Å². The van der Waals surface area contributed by atoms with Gasteiger partial charge in [0, 0.05) is 27.5 Å². The number of carbonyl (C=O) groups is 1. The minimum atomic E-state index is -0.114. The first kappa shape index (κ1) is 13.2. The fraction of sp³-hybridized carbons (Fsp3) is 0.182. The molecule has 2 rings (SSSR count). The molecule has 0 radical (unpaired) electrons. The van der Waals surface area contributed by atoms with Gasteiger partial charge in [-0.2, -0.15) is 5.10 Å². The van der Waals surface area contributed by atoms with E-state index in [0.29, 0.717) is 18.5 Å². The molecule has 0 unspecified atom stereocenters. The lowest BCUT2D eigenvalue weighted by Crippen LogP contribution is -2.26. The molecule has 0 aliphatic heterocycles. The third-order valence-electron chi connectivity index (χ3n) is 2.24. The first-order valence-electron chi connectivity index (χ1n) is 5.23. The normalized spacial score (nSPS) is 10.3. The third kappa shape index (κ3) is 3.64. The van der Waals surface area contributed by atoms with Crippen LogP contribution >= 0.6 is 31.9 Å². The number of hydrogen-bond acceptors (Lipinski definition) is 3. The molecule has 0 atom stereocenters. The van der Waals surface area contributed by atoms with Gasteiger partial charge in [0.05, 0.1) is 0 Å². The highest BCUT2D eigenvalue weighted by atomic mass is 79.9. The van der Waals surface area contributed by atoms with Crippen molar-refractivity contribution in [2.75, 3.05) is 6.54 Å². The van der Waals surface area contributed by atoms with Gasteiger partial charge in [0.2, 0.25) is 0 Å². The second-order valence-corrected chi connectivity index (χ2v) is 5.43. The van der Waals surface area contributed by atoms with Crippen molar-refractivity contribution in [3.05, 3.63) is 44.9 Å². The average Bonchev–Trinajstić information content (AvgIpc) is 2.80. The highest BCUT2D eigenvalue weighted by Gasteiger charge is 2.07. The van der Waals surface area contributed by atoms with E-state index in [1.165, 1.54) is 6.33 Å². The Morgan fingerprint density at radius 1 is 1.28 bits per heavy atom. The number of amides is 1. The number of aromatic nitrogens is 3. The largest absolute Gasteiger partial charge is 0.352 e. The zero-order chi connectivity index (χ0) is 13.0. The minimum Gasteiger partial charge on any atom is -0.352 e. The first-order chi connectivity index (χ1) is 8.65. The van der Waals surface area contributed by atoms with Crippen LogP contribution in [0, 0.1) is 0 Å². The average molecular weight is 374 g/mol. The van der Waals surface area contributed by atoms with Crippen molar-refractivity contribution < 1.29 is 4.79 Å². The van der Waals surface area contributed by atoms with Gasteiger partial charge in [-0.05, 0) is 18.2 Å². The van der Waals surface area contributed by atoms with E-state index < -0.39 is 0 Å². The van der Waals surface area contributed by atoms with Crippen LogP contribution in [-0.2, 0) is 6.42 Å². The Labute approximate surface area is 121 Å². The summed E-state index contributed by atoms with van der Waals surface area (Å²) in [6.07, 6.45) is 2.07. The molecular formula is C11H10Br2N4O. The van der Waals surface area contributed by atoms with Crippen LogP contribution in [-0.4, -0.2) is 27.6 Å². The number of H-pyrrole nitrogens is 1. The zero-order valence-electron chi connectivity index (χ0n) is 9.28. The van der Waals surface area contributed by atoms with E-state index >= 15 is 0 Å². The predicted octanol–water partition coefficient (Wildman–Crippen LogP) is 2.30. The molecule has 7 heteroatoms. The number of aromatic amines is 1. The van der Waals surface area contributed by atoms with Gasteiger partial charge in [0.15, 0.2) is 0 Å². The monoisotopic (exact) mass is 372 g/mol. The lowest BCUT2D eigenvalue weighted by Gasteiger charge is -2.05. The summed E-state index contributed by atoms with van der Waals surface area (Å²) < 4.78 is 1.72. The second-order valence-electron chi connectivity index (χ2n) is 3.60. The predicted molar refractivity (Wildman–Crippen MR) is 74.3 cm³/mol. The second kappa shape index (κ2) is 6.10. The number of nitrogens with one attached hydrogen (secondary N) is 2.